The van der Waals surface area contributed by atoms with E-state index in [1.165, 1.54) is 0 Å². The summed E-state index contributed by atoms with van der Waals surface area (Å²) in [6.07, 6.45) is 1.56. The van der Waals surface area contributed by atoms with Crippen LogP contribution in [0.4, 0.5) is 5.69 Å². The van der Waals surface area contributed by atoms with Crippen LogP contribution < -0.4 is 5.73 Å². The van der Waals surface area contributed by atoms with Gasteiger partial charge in [0.1, 0.15) is 0 Å². The van der Waals surface area contributed by atoms with E-state index < -0.39 is 5.97 Å². The summed E-state index contributed by atoms with van der Waals surface area (Å²) in [6, 6.07) is 8.85. The number of nitrogens with zero attached hydrogens (tertiary/aromatic N) is 2. The number of nitrogens with two attached hydrogens (primary N) is 1. The SMILES string of the molecule is CC(C)OC(=O)c1ccn(-c2ccc(N)cc2)n1. The van der Waals surface area contributed by atoms with E-state index in [4.69, 9.17) is 10.5 Å². The van der Waals surface area contributed by atoms with Gasteiger partial charge >= 0.3 is 5.97 Å². The summed E-state index contributed by atoms with van der Waals surface area (Å²) in [7, 11) is 0. The number of rotatable bonds is 3. The van der Waals surface area contributed by atoms with E-state index >= 15 is 0 Å². The Morgan fingerprint density at radius 3 is 2.56 bits per heavy atom. The molecule has 18 heavy (non-hydrogen) atoms. The highest BCUT2D eigenvalue weighted by Gasteiger charge is 2.12. The number of nitrogen functional groups attached to an aromatic ring is 1. The Hall–Kier alpha value is -2.30. The van der Waals surface area contributed by atoms with Gasteiger partial charge in [-0.3, -0.25) is 0 Å². The van der Waals surface area contributed by atoms with Gasteiger partial charge in [0.25, 0.3) is 0 Å². The zero-order valence-corrected chi connectivity index (χ0v) is 10.3. The second kappa shape index (κ2) is 4.91. The van der Waals surface area contributed by atoms with E-state index in [1.54, 1.807) is 42.9 Å². The van der Waals surface area contributed by atoms with Crippen molar-refractivity contribution in [1.82, 2.24) is 9.78 Å². The highest BCUT2D eigenvalue weighted by molar-refractivity contribution is 5.87. The van der Waals surface area contributed by atoms with Gasteiger partial charge in [-0.1, -0.05) is 0 Å². The summed E-state index contributed by atoms with van der Waals surface area (Å²) >= 11 is 0. The molecule has 0 saturated heterocycles. The largest absolute Gasteiger partial charge is 0.458 e. The third-order valence-electron chi connectivity index (χ3n) is 2.30. The third-order valence-corrected chi connectivity index (χ3v) is 2.30. The molecule has 0 bridgehead atoms. The van der Waals surface area contributed by atoms with Crippen molar-refractivity contribution in [2.75, 3.05) is 5.73 Å². The van der Waals surface area contributed by atoms with Crippen LogP contribution in [-0.4, -0.2) is 21.9 Å². The van der Waals surface area contributed by atoms with Gasteiger partial charge < -0.3 is 10.5 Å². The molecule has 5 heteroatoms. The number of aromatic nitrogens is 2. The van der Waals surface area contributed by atoms with Crippen molar-refractivity contribution in [2.45, 2.75) is 20.0 Å². The number of ether oxygens (including phenoxy) is 1. The lowest BCUT2D eigenvalue weighted by Gasteiger charge is -2.05. The summed E-state index contributed by atoms with van der Waals surface area (Å²) in [5.74, 6) is -0.417. The van der Waals surface area contributed by atoms with Gasteiger partial charge in [-0.25, -0.2) is 9.48 Å². The third kappa shape index (κ3) is 2.68. The molecule has 1 aromatic carbocycles. The molecule has 0 amide bonds. The predicted molar refractivity (Wildman–Crippen MR) is 68.5 cm³/mol. The summed E-state index contributed by atoms with van der Waals surface area (Å²) in [5, 5.41) is 4.16. The van der Waals surface area contributed by atoms with Crippen molar-refractivity contribution >= 4 is 11.7 Å². The van der Waals surface area contributed by atoms with Crippen LogP contribution in [0.15, 0.2) is 36.5 Å². The van der Waals surface area contributed by atoms with Crippen molar-refractivity contribution in [1.29, 1.82) is 0 Å². The molecule has 2 N–H and O–H groups in total. The molecule has 0 saturated carbocycles. The normalized spacial score (nSPS) is 10.6. The number of esters is 1. The number of anilines is 1. The lowest BCUT2D eigenvalue weighted by molar-refractivity contribution is 0.0370. The van der Waals surface area contributed by atoms with E-state index in [2.05, 4.69) is 5.10 Å². The molecule has 5 nitrogen and oxygen atoms in total. The molecule has 0 unspecified atom stereocenters. The zero-order valence-electron chi connectivity index (χ0n) is 10.3. The first kappa shape index (κ1) is 12.2. The van der Waals surface area contributed by atoms with E-state index in [1.807, 2.05) is 12.1 Å². The first-order valence-corrected chi connectivity index (χ1v) is 5.69. The second-order valence-electron chi connectivity index (χ2n) is 4.19. The van der Waals surface area contributed by atoms with Crippen molar-refractivity contribution in [3.63, 3.8) is 0 Å². The Morgan fingerprint density at radius 1 is 1.28 bits per heavy atom. The maximum absolute atomic E-state index is 11.6. The van der Waals surface area contributed by atoms with Crippen LogP contribution in [0.3, 0.4) is 0 Å². The van der Waals surface area contributed by atoms with Gasteiger partial charge in [-0.2, -0.15) is 5.10 Å². The van der Waals surface area contributed by atoms with Crippen molar-refractivity contribution in [2.24, 2.45) is 0 Å². The van der Waals surface area contributed by atoms with E-state index in [9.17, 15) is 4.79 Å². The first-order valence-electron chi connectivity index (χ1n) is 5.69. The van der Waals surface area contributed by atoms with Gasteiger partial charge in [0, 0.05) is 11.9 Å². The van der Waals surface area contributed by atoms with Crippen molar-refractivity contribution < 1.29 is 9.53 Å². The minimum atomic E-state index is -0.417. The lowest BCUT2D eigenvalue weighted by Crippen LogP contribution is -2.12. The van der Waals surface area contributed by atoms with Gasteiger partial charge in [-0.15, -0.1) is 0 Å². The molecule has 0 aliphatic carbocycles. The Bertz CT molecular complexity index is 544. The fraction of sp³-hybridized carbons (Fsp3) is 0.231. The molecular weight excluding hydrogens is 230 g/mol. The Labute approximate surface area is 105 Å². The number of carbonyl (C=O) groups is 1. The highest BCUT2D eigenvalue weighted by Crippen LogP contribution is 2.11. The van der Waals surface area contributed by atoms with Crippen LogP contribution >= 0.6 is 0 Å². The molecule has 1 heterocycles. The van der Waals surface area contributed by atoms with Crippen LogP contribution in [0, 0.1) is 0 Å². The minimum Gasteiger partial charge on any atom is -0.458 e. The molecule has 0 spiro atoms. The number of hydrogen-bond donors (Lipinski definition) is 1. The minimum absolute atomic E-state index is 0.154. The second-order valence-corrected chi connectivity index (χ2v) is 4.19. The van der Waals surface area contributed by atoms with Crippen molar-refractivity contribution in [3.8, 4) is 5.69 Å². The van der Waals surface area contributed by atoms with Gasteiger partial charge in [0.2, 0.25) is 0 Å². The fourth-order valence-electron chi connectivity index (χ4n) is 1.48. The van der Waals surface area contributed by atoms with Gasteiger partial charge in [-0.05, 0) is 44.2 Å². The fourth-order valence-corrected chi connectivity index (χ4v) is 1.48. The van der Waals surface area contributed by atoms with Crippen LogP contribution in [0.5, 0.6) is 0 Å². The lowest BCUT2D eigenvalue weighted by atomic mass is 10.3. The summed E-state index contributed by atoms with van der Waals surface area (Å²) in [6.45, 7) is 3.60. The van der Waals surface area contributed by atoms with Crippen molar-refractivity contribution in [3.05, 3.63) is 42.2 Å². The molecule has 0 radical (unpaired) electrons. The number of carbonyl (C=O) groups excluding carboxylic acids is 1. The van der Waals surface area contributed by atoms with E-state index in [0.29, 0.717) is 11.4 Å². The Kier molecular flexibility index (Phi) is 3.32. The average Bonchev–Trinajstić information content (AvgIpc) is 2.78. The first-order chi connectivity index (χ1) is 8.56. The average molecular weight is 245 g/mol. The molecule has 0 aliphatic rings. The standard InChI is InChI=1S/C13H15N3O2/c1-9(2)18-13(17)12-7-8-16(15-12)11-5-3-10(14)4-6-11/h3-9H,14H2,1-2H3. The molecule has 2 rings (SSSR count). The predicted octanol–water partition coefficient (Wildman–Crippen LogP) is 2.02. The van der Waals surface area contributed by atoms with Crippen LogP contribution in [0.25, 0.3) is 5.69 Å². The Balaban J connectivity index is 2.20. The molecule has 0 fully saturated rings. The zero-order chi connectivity index (χ0) is 13.1. The molecule has 94 valence electrons. The molecule has 0 aliphatic heterocycles. The van der Waals surface area contributed by atoms with E-state index in [-0.39, 0.29) is 6.10 Å². The van der Waals surface area contributed by atoms with Crippen LogP contribution in [0.1, 0.15) is 24.3 Å². The smallest absolute Gasteiger partial charge is 0.359 e. The van der Waals surface area contributed by atoms with Crippen LogP contribution in [-0.2, 0) is 4.74 Å². The van der Waals surface area contributed by atoms with Crippen LogP contribution in [0.2, 0.25) is 0 Å². The monoisotopic (exact) mass is 245 g/mol. The van der Waals surface area contributed by atoms with Gasteiger partial charge in [0.05, 0.1) is 11.8 Å². The highest BCUT2D eigenvalue weighted by atomic mass is 16.5. The maximum Gasteiger partial charge on any atom is 0.359 e. The molecule has 0 atom stereocenters. The molecular formula is C13H15N3O2. The summed E-state index contributed by atoms with van der Waals surface area (Å²) in [5.41, 5.74) is 7.43. The van der Waals surface area contributed by atoms with Gasteiger partial charge in [0.15, 0.2) is 5.69 Å². The topological polar surface area (TPSA) is 70.1 Å². The number of benzene rings is 1. The van der Waals surface area contributed by atoms with E-state index in [0.717, 1.165) is 5.69 Å². The molecule has 1 aromatic heterocycles. The maximum atomic E-state index is 11.6. The summed E-state index contributed by atoms with van der Waals surface area (Å²) < 4.78 is 6.68. The quantitative estimate of drug-likeness (QED) is 0.663. The molecule has 2 aromatic rings. The summed E-state index contributed by atoms with van der Waals surface area (Å²) in [4.78, 5) is 11.6. The Morgan fingerprint density at radius 2 is 1.94 bits per heavy atom. The number of hydrogen-bond acceptors (Lipinski definition) is 4.